The molecule has 0 aromatic heterocycles. The zero-order valence-corrected chi connectivity index (χ0v) is 8.47. The van der Waals surface area contributed by atoms with Gasteiger partial charge in [-0.25, -0.2) is 0 Å². The lowest BCUT2D eigenvalue weighted by atomic mass is 10.1. The summed E-state index contributed by atoms with van der Waals surface area (Å²) in [6.07, 6.45) is 0.625. The van der Waals surface area contributed by atoms with Crippen molar-refractivity contribution in [2.24, 2.45) is 11.8 Å². The Bertz CT molecular complexity index is 383. The Hall–Kier alpha value is -1.64. The van der Waals surface area contributed by atoms with Crippen LogP contribution >= 0.6 is 0 Å². The van der Waals surface area contributed by atoms with Crippen LogP contribution in [0.3, 0.4) is 0 Å². The first-order valence-corrected chi connectivity index (χ1v) is 4.91. The van der Waals surface area contributed by atoms with Gasteiger partial charge < -0.3 is 4.74 Å². The molecule has 1 aliphatic carbocycles. The normalized spacial score (nSPS) is 23.3. The Morgan fingerprint density at radius 3 is 2.47 bits per heavy atom. The van der Waals surface area contributed by atoms with Gasteiger partial charge >= 0.3 is 5.97 Å². The molecule has 0 amide bonds. The van der Waals surface area contributed by atoms with E-state index in [1.807, 2.05) is 18.2 Å². The molecule has 0 spiro atoms. The summed E-state index contributed by atoms with van der Waals surface area (Å²) < 4.78 is 4.60. The van der Waals surface area contributed by atoms with Crippen LogP contribution in [-0.2, 0) is 9.53 Å². The second-order valence-electron chi connectivity index (χ2n) is 3.70. The number of esters is 1. The Morgan fingerprint density at radius 2 is 1.87 bits per heavy atom. The molecule has 2 atom stereocenters. The summed E-state index contributed by atoms with van der Waals surface area (Å²) in [5.74, 6) is -0.613. The van der Waals surface area contributed by atoms with Crippen LogP contribution in [0, 0.1) is 11.8 Å². The zero-order valence-electron chi connectivity index (χ0n) is 8.47. The molecule has 1 aliphatic rings. The van der Waals surface area contributed by atoms with Gasteiger partial charge in [-0.05, 0) is 6.42 Å². The van der Waals surface area contributed by atoms with E-state index < -0.39 is 0 Å². The topological polar surface area (TPSA) is 43.4 Å². The molecule has 0 radical (unpaired) electrons. The standard InChI is InChI=1S/C12H12O3/c1-15-12(14)10-7-9(10)11(13)8-5-3-2-4-6-8/h2-6,9-10H,7H2,1H3/t9-,10+/m0/s1. The Labute approximate surface area is 88.1 Å². The first-order chi connectivity index (χ1) is 7.24. The molecule has 3 heteroatoms. The Morgan fingerprint density at radius 1 is 1.20 bits per heavy atom. The second kappa shape index (κ2) is 3.85. The number of Topliss-reactive ketones (excluding diaryl/α,β-unsaturated/α-hetero) is 1. The van der Waals surface area contributed by atoms with Gasteiger partial charge in [0.1, 0.15) is 0 Å². The van der Waals surface area contributed by atoms with Crippen molar-refractivity contribution in [2.75, 3.05) is 7.11 Å². The average molecular weight is 204 g/mol. The van der Waals surface area contributed by atoms with Crippen molar-refractivity contribution >= 4 is 11.8 Å². The van der Waals surface area contributed by atoms with Crippen LogP contribution < -0.4 is 0 Å². The minimum absolute atomic E-state index is 0.0472. The molecule has 0 bridgehead atoms. The molecule has 0 N–H and O–H groups in total. The third-order valence-electron chi connectivity index (χ3n) is 2.69. The maximum Gasteiger partial charge on any atom is 0.309 e. The number of benzene rings is 1. The molecule has 1 aromatic rings. The Kier molecular flexibility index (Phi) is 2.54. The largest absolute Gasteiger partial charge is 0.469 e. The van der Waals surface area contributed by atoms with Crippen LogP contribution in [0.25, 0.3) is 0 Å². The molecule has 0 saturated heterocycles. The number of ether oxygens (including phenoxy) is 1. The second-order valence-corrected chi connectivity index (χ2v) is 3.70. The lowest BCUT2D eigenvalue weighted by Crippen LogP contribution is -2.10. The van der Waals surface area contributed by atoms with Gasteiger partial charge in [-0.2, -0.15) is 0 Å². The van der Waals surface area contributed by atoms with Crippen molar-refractivity contribution in [2.45, 2.75) is 6.42 Å². The third-order valence-corrected chi connectivity index (χ3v) is 2.69. The Balaban J connectivity index is 2.04. The van der Waals surface area contributed by atoms with Crippen molar-refractivity contribution < 1.29 is 14.3 Å². The van der Waals surface area contributed by atoms with Gasteiger partial charge in [-0.1, -0.05) is 30.3 Å². The number of ketones is 1. The lowest BCUT2D eigenvalue weighted by Gasteiger charge is -1.99. The highest BCUT2D eigenvalue weighted by atomic mass is 16.5. The fraction of sp³-hybridized carbons (Fsp3) is 0.333. The van der Waals surface area contributed by atoms with Gasteiger partial charge in [-0.3, -0.25) is 9.59 Å². The predicted molar refractivity (Wildman–Crippen MR) is 54.4 cm³/mol. The number of methoxy groups -OCH3 is 1. The molecule has 3 nitrogen and oxygen atoms in total. The molecule has 0 unspecified atom stereocenters. The van der Waals surface area contributed by atoms with Gasteiger partial charge in [-0.15, -0.1) is 0 Å². The number of carbonyl (C=O) groups excluding carboxylic acids is 2. The molecule has 15 heavy (non-hydrogen) atoms. The number of hydrogen-bond acceptors (Lipinski definition) is 3. The number of carbonyl (C=O) groups is 2. The minimum atomic E-state index is -0.274. The van der Waals surface area contributed by atoms with Gasteiger partial charge in [0.25, 0.3) is 0 Å². The van der Waals surface area contributed by atoms with Crippen molar-refractivity contribution in [3.05, 3.63) is 35.9 Å². The summed E-state index contributed by atoms with van der Waals surface area (Å²) in [4.78, 5) is 23.0. The van der Waals surface area contributed by atoms with E-state index in [0.717, 1.165) is 0 Å². The fourth-order valence-corrected chi connectivity index (χ4v) is 1.71. The summed E-state index contributed by atoms with van der Waals surface area (Å²) in [5.41, 5.74) is 0.675. The quantitative estimate of drug-likeness (QED) is 0.555. The first kappa shape index (κ1) is 9.90. The molecule has 2 rings (SSSR count). The summed E-state index contributed by atoms with van der Waals surface area (Å²) in [6.45, 7) is 0. The van der Waals surface area contributed by atoms with Gasteiger partial charge in [0.2, 0.25) is 0 Å². The smallest absolute Gasteiger partial charge is 0.309 e. The van der Waals surface area contributed by atoms with Gasteiger partial charge in [0.15, 0.2) is 5.78 Å². The maximum absolute atomic E-state index is 11.8. The van der Waals surface area contributed by atoms with E-state index in [9.17, 15) is 9.59 Å². The summed E-state index contributed by atoms with van der Waals surface area (Å²) in [5, 5.41) is 0. The summed E-state index contributed by atoms with van der Waals surface area (Å²) in [7, 11) is 1.35. The third kappa shape index (κ3) is 1.91. The van der Waals surface area contributed by atoms with E-state index in [4.69, 9.17) is 0 Å². The SMILES string of the molecule is COC(=O)[C@@H]1C[C@@H]1C(=O)c1ccccc1. The molecular formula is C12H12O3. The molecule has 1 saturated carbocycles. The van der Waals surface area contributed by atoms with E-state index in [1.54, 1.807) is 12.1 Å². The van der Waals surface area contributed by atoms with Crippen LogP contribution in [0.1, 0.15) is 16.8 Å². The minimum Gasteiger partial charge on any atom is -0.469 e. The van der Waals surface area contributed by atoms with Crippen LogP contribution in [0.2, 0.25) is 0 Å². The molecular weight excluding hydrogens is 192 g/mol. The first-order valence-electron chi connectivity index (χ1n) is 4.91. The molecule has 1 aromatic carbocycles. The van der Waals surface area contributed by atoms with Crippen molar-refractivity contribution in [1.82, 2.24) is 0 Å². The highest BCUT2D eigenvalue weighted by molar-refractivity contribution is 6.02. The van der Waals surface area contributed by atoms with E-state index in [-0.39, 0.29) is 23.6 Å². The van der Waals surface area contributed by atoms with E-state index in [0.29, 0.717) is 12.0 Å². The average Bonchev–Trinajstić information content (AvgIpc) is 3.08. The van der Waals surface area contributed by atoms with Crippen molar-refractivity contribution in [1.29, 1.82) is 0 Å². The predicted octanol–water partition coefficient (Wildman–Crippen LogP) is 1.68. The van der Waals surface area contributed by atoms with E-state index >= 15 is 0 Å². The number of rotatable bonds is 3. The number of hydrogen-bond donors (Lipinski definition) is 0. The van der Waals surface area contributed by atoms with Gasteiger partial charge in [0, 0.05) is 11.5 Å². The fourth-order valence-electron chi connectivity index (χ4n) is 1.71. The molecule has 1 fully saturated rings. The van der Waals surface area contributed by atoms with Crippen LogP contribution in [0.5, 0.6) is 0 Å². The van der Waals surface area contributed by atoms with Crippen molar-refractivity contribution in [3.8, 4) is 0 Å². The van der Waals surface area contributed by atoms with Crippen molar-refractivity contribution in [3.63, 3.8) is 0 Å². The summed E-state index contributed by atoms with van der Waals surface area (Å²) in [6, 6.07) is 9.05. The summed E-state index contributed by atoms with van der Waals surface area (Å²) >= 11 is 0. The molecule has 0 heterocycles. The van der Waals surface area contributed by atoms with Gasteiger partial charge in [0.05, 0.1) is 13.0 Å². The maximum atomic E-state index is 11.8. The van der Waals surface area contributed by atoms with Crippen LogP contribution in [0.4, 0.5) is 0 Å². The molecule has 0 aliphatic heterocycles. The molecule has 78 valence electrons. The van der Waals surface area contributed by atoms with E-state index in [2.05, 4.69) is 4.74 Å². The van der Waals surface area contributed by atoms with E-state index in [1.165, 1.54) is 7.11 Å². The zero-order chi connectivity index (χ0) is 10.8. The highest BCUT2D eigenvalue weighted by Crippen LogP contribution is 2.41. The highest BCUT2D eigenvalue weighted by Gasteiger charge is 2.48. The van der Waals surface area contributed by atoms with Crippen LogP contribution in [-0.4, -0.2) is 18.9 Å². The van der Waals surface area contributed by atoms with Crippen LogP contribution in [0.15, 0.2) is 30.3 Å². The lowest BCUT2D eigenvalue weighted by molar-refractivity contribution is -0.142. The monoisotopic (exact) mass is 204 g/mol.